The Hall–Kier alpha value is -7.81. The molecule has 580 valence electrons. The number of imide groups is 1. The maximum atomic E-state index is 13.9. The molecular weight excluding hydrogens is 1370 g/mol. The molecule has 5 aliphatic rings. The first-order chi connectivity index (χ1) is 51.6. The number of pyridine rings is 1. The van der Waals surface area contributed by atoms with Crippen molar-refractivity contribution in [2.24, 2.45) is 23.5 Å². The smallest absolute Gasteiger partial charge is 0.508 e. The van der Waals surface area contributed by atoms with Crippen molar-refractivity contribution in [3.63, 3.8) is 0 Å². The molecule has 3 aliphatic heterocycles. The second-order valence-corrected chi connectivity index (χ2v) is 27.3. The minimum Gasteiger partial charge on any atom is -0.508 e. The van der Waals surface area contributed by atoms with Gasteiger partial charge in [-0.05, 0) is 123 Å². The predicted octanol–water partition coefficient (Wildman–Crippen LogP) is 6.17. The SMILES string of the molecule is CCc1c2c(nc3ccc(O)cc13)C1=CC3=C(CCC(=O)[C@@]3(CC)OC(=O)OCc3ccc(CN[C@@H](CCCCN)C(=O)C(=O)COCC(=O)CCCOCCOCCOCCOCCOCCOCCOCCOCCn4cc(CNC(=O)C5CCC(CN6C(=O)CC(C)C6=O)CC5)nn4)cc3)CN1C2. The second-order valence-electron chi connectivity index (χ2n) is 27.3. The highest BCUT2D eigenvalue weighted by atomic mass is 16.7. The Morgan fingerprint density at radius 1 is 0.726 bits per heavy atom. The highest BCUT2D eigenvalue weighted by molar-refractivity contribution is 6.39. The van der Waals surface area contributed by atoms with E-state index in [9.17, 15) is 43.5 Å². The van der Waals surface area contributed by atoms with Crippen LogP contribution in [-0.2, 0) is 125 Å². The molecule has 2 aliphatic carbocycles. The van der Waals surface area contributed by atoms with E-state index in [-0.39, 0.29) is 98.4 Å². The van der Waals surface area contributed by atoms with Gasteiger partial charge in [0.2, 0.25) is 29.3 Å². The topological polar surface area (TPSA) is 358 Å². The van der Waals surface area contributed by atoms with Gasteiger partial charge in [0, 0.05) is 80.4 Å². The van der Waals surface area contributed by atoms with E-state index in [1.165, 1.54) is 4.90 Å². The summed E-state index contributed by atoms with van der Waals surface area (Å²) in [4.78, 5) is 112. The Morgan fingerprint density at radius 2 is 1.37 bits per heavy atom. The van der Waals surface area contributed by atoms with E-state index >= 15 is 0 Å². The summed E-state index contributed by atoms with van der Waals surface area (Å²) >= 11 is 0. The monoisotopic (exact) mass is 1480 g/mol. The number of phenols is 1. The number of benzene rings is 2. The Labute approximate surface area is 619 Å². The fourth-order valence-corrected chi connectivity index (χ4v) is 13.9. The predicted molar refractivity (Wildman–Crippen MR) is 386 cm³/mol. The van der Waals surface area contributed by atoms with Gasteiger partial charge in [0.05, 0.1) is 141 Å². The maximum absolute atomic E-state index is 13.9. The summed E-state index contributed by atoms with van der Waals surface area (Å²) in [7, 11) is 0. The Balaban J connectivity index is 0.521. The van der Waals surface area contributed by atoms with Crippen LogP contribution < -0.4 is 16.4 Å². The largest absolute Gasteiger partial charge is 0.509 e. The van der Waals surface area contributed by atoms with Gasteiger partial charge < -0.3 is 78.5 Å². The Kier molecular flexibility index (Phi) is 33.6. The number of carbonyl (C=O) groups excluding carboxylic acids is 8. The molecule has 2 fully saturated rings. The number of nitrogens with one attached hydrogen (secondary N) is 2. The zero-order valence-electron chi connectivity index (χ0n) is 61.8. The molecule has 3 amide bonds. The number of amides is 3. The van der Waals surface area contributed by atoms with Gasteiger partial charge in [0.25, 0.3) is 0 Å². The van der Waals surface area contributed by atoms with Gasteiger partial charge >= 0.3 is 6.16 Å². The number of ether oxygens (including phenoxy) is 11. The number of Topliss-reactive ketones (excluding diaryl/α,β-unsaturated/α-hetero) is 4. The fraction of sp³-hybridized carbons (Fsp3) is 0.623. The molecule has 0 spiro atoms. The van der Waals surface area contributed by atoms with Crippen LogP contribution in [0.4, 0.5) is 4.79 Å². The lowest BCUT2D eigenvalue weighted by Gasteiger charge is -2.40. The van der Waals surface area contributed by atoms with Gasteiger partial charge in [-0.15, -0.1) is 5.10 Å². The van der Waals surface area contributed by atoms with Gasteiger partial charge in [-0.2, -0.15) is 0 Å². The molecule has 0 bridgehead atoms. The minimum atomic E-state index is -1.52. The highest BCUT2D eigenvalue weighted by Gasteiger charge is 2.50. The molecule has 106 heavy (non-hydrogen) atoms. The third-order valence-electron chi connectivity index (χ3n) is 19.7. The molecule has 9 rings (SSSR count). The number of nitrogens with zero attached hydrogens (tertiary/aromatic N) is 6. The molecule has 1 unspecified atom stereocenters. The molecule has 4 aromatic rings. The summed E-state index contributed by atoms with van der Waals surface area (Å²) in [6.45, 7) is 14.4. The van der Waals surface area contributed by atoms with Crippen LogP contribution in [-0.4, -0.2) is 232 Å². The number of fused-ring (bicyclic) bond motifs is 4. The first kappa shape index (κ1) is 82.3. The number of carbonyl (C=O) groups is 8. The van der Waals surface area contributed by atoms with Crippen molar-refractivity contribution in [2.75, 3.05) is 139 Å². The molecule has 5 heterocycles. The third kappa shape index (κ3) is 24.4. The van der Waals surface area contributed by atoms with Crippen molar-refractivity contribution in [1.29, 1.82) is 0 Å². The summed E-state index contributed by atoms with van der Waals surface area (Å²) < 4.78 is 63.4. The van der Waals surface area contributed by atoms with Crippen molar-refractivity contribution < 1.29 is 95.6 Å². The van der Waals surface area contributed by atoms with E-state index in [1.807, 2.05) is 31.2 Å². The molecule has 2 aromatic heterocycles. The average Bonchev–Trinajstić information content (AvgIpc) is 1.50. The van der Waals surface area contributed by atoms with Crippen LogP contribution in [0.5, 0.6) is 5.75 Å². The third-order valence-corrected chi connectivity index (χ3v) is 19.7. The van der Waals surface area contributed by atoms with Gasteiger partial charge in [-0.3, -0.25) is 38.5 Å². The molecule has 3 atom stereocenters. The molecule has 0 radical (unpaired) electrons. The zero-order valence-corrected chi connectivity index (χ0v) is 61.8. The van der Waals surface area contributed by atoms with E-state index in [1.54, 1.807) is 42.1 Å². The lowest BCUT2D eigenvalue weighted by molar-refractivity contribution is -0.141. The van der Waals surface area contributed by atoms with Gasteiger partial charge in [-0.25, -0.2) is 14.5 Å². The van der Waals surface area contributed by atoms with Crippen molar-refractivity contribution in [3.8, 4) is 5.75 Å². The quantitative estimate of drug-likeness (QED) is 0.0166. The molecule has 29 heteroatoms. The average molecular weight is 1480 g/mol. The molecular formula is C77H107N9O20. The summed E-state index contributed by atoms with van der Waals surface area (Å²) in [5.41, 5.74) is 12.7. The first-order valence-corrected chi connectivity index (χ1v) is 37.6. The number of aromatic hydroxyl groups is 1. The molecule has 29 nitrogen and oxygen atoms in total. The van der Waals surface area contributed by atoms with E-state index in [0.717, 1.165) is 76.7 Å². The number of rotatable bonds is 51. The summed E-state index contributed by atoms with van der Waals surface area (Å²) in [6.07, 6.45) is 10.2. The number of aromatic nitrogens is 4. The lowest BCUT2D eigenvalue weighted by atomic mass is 9.74. The van der Waals surface area contributed by atoms with Crippen LogP contribution in [0, 0.1) is 17.8 Å². The number of hydrogen-bond acceptors (Lipinski definition) is 26. The standard InChI is InChI=1S/C77H107N9O20/c1-4-62-63-42-60(87)20-21-66(63)81-72-64(62)49-84-47-58-19-22-70(90)77(5-2,65(58)43-68(72)84)106-76(95)105-50-56-13-11-54(12-14-56)44-79-67(10-6-7-23-78)73(92)69(89)52-104-51-61(88)9-8-25-96-27-29-98-31-33-100-35-37-102-39-40-103-38-36-101-34-32-99-30-28-97-26-24-85-48-59(82-83-85)45-80-74(93)57-17-15-55(16-18-57)46-86-71(91)41-53(3)75(86)94/h11-14,20-21,42-43,48,53,55,57,67,79,87H,4-10,15-19,22-41,44-47,49-52,78H2,1-3H3,(H,80,93)/t53?,55?,57?,67-,77-/m0/s1. The second kappa shape index (κ2) is 43.3. The molecule has 1 saturated carbocycles. The van der Waals surface area contributed by atoms with E-state index in [2.05, 4.69) is 32.8 Å². The van der Waals surface area contributed by atoms with Crippen LogP contribution in [0.3, 0.4) is 0 Å². The number of hydrogen-bond donors (Lipinski definition) is 4. The first-order valence-electron chi connectivity index (χ1n) is 37.6. The number of unbranched alkanes of at least 4 members (excludes halogenated alkanes) is 1. The molecule has 5 N–H and O–H groups in total. The van der Waals surface area contributed by atoms with Crippen molar-refractivity contribution in [3.05, 3.63) is 99.5 Å². The molecule has 1 saturated heterocycles. The molecule has 2 aromatic carbocycles. The van der Waals surface area contributed by atoms with Crippen LogP contribution in [0.1, 0.15) is 138 Å². The Bertz CT molecular complexity index is 3630. The number of likely N-dealkylation sites (tertiary alicyclic amines) is 1. The van der Waals surface area contributed by atoms with E-state index in [0.29, 0.717) is 194 Å². The van der Waals surface area contributed by atoms with Crippen molar-refractivity contribution >= 4 is 63.6 Å². The normalized spacial score (nSPS) is 18.8. The Morgan fingerprint density at radius 3 is 1.99 bits per heavy atom. The van der Waals surface area contributed by atoms with Crippen LogP contribution in [0.15, 0.2) is 65.9 Å². The summed E-state index contributed by atoms with van der Waals surface area (Å²) in [5, 5.41) is 25.7. The van der Waals surface area contributed by atoms with E-state index in [4.69, 9.17) is 62.8 Å². The van der Waals surface area contributed by atoms with Gasteiger partial charge in [0.15, 0.2) is 17.2 Å². The highest BCUT2D eigenvalue weighted by Crippen LogP contribution is 2.47. The number of aryl methyl sites for hydroxylation is 1. The van der Waals surface area contributed by atoms with Crippen LogP contribution in [0.25, 0.3) is 16.6 Å². The van der Waals surface area contributed by atoms with Crippen molar-refractivity contribution in [1.82, 2.24) is 40.4 Å². The number of nitrogens with two attached hydrogens (primary N) is 1. The fourth-order valence-electron chi connectivity index (χ4n) is 13.9. The van der Waals surface area contributed by atoms with E-state index < -0.39 is 36.0 Å². The summed E-state index contributed by atoms with van der Waals surface area (Å²) in [5.74, 6) is -1.89. The number of phenolic OH excluding ortho intramolecular Hbond substituents is 1. The summed E-state index contributed by atoms with van der Waals surface area (Å²) in [6, 6.07) is 11.6. The maximum Gasteiger partial charge on any atom is 0.509 e. The minimum absolute atomic E-state index is 0.0132. The van der Waals surface area contributed by atoms with Gasteiger partial charge in [-0.1, -0.05) is 56.7 Å². The van der Waals surface area contributed by atoms with Crippen LogP contribution in [0.2, 0.25) is 0 Å². The zero-order chi connectivity index (χ0) is 75.1. The lowest BCUT2D eigenvalue weighted by Crippen LogP contribution is -2.48. The van der Waals surface area contributed by atoms with Gasteiger partial charge in [0.1, 0.15) is 31.3 Å². The van der Waals surface area contributed by atoms with Crippen molar-refractivity contribution in [2.45, 2.75) is 155 Å². The number of ketones is 4. The van der Waals surface area contributed by atoms with Crippen LogP contribution >= 0.6 is 0 Å².